The fourth-order valence-corrected chi connectivity index (χ4v) is 4.44. The van der Waals surface area contributed by atoms with Crippen molar-refractivity contribution in [2.45, 2.75) is 18.0 Å². The summed E-state index contributed by atoms with van der Waals surface area (Å²) in [6.07, 6.45) is 0. The van der Waals surface area contributed by atoms with Gasteiger partial charge in [0, 0.05) is 10.6 Å². The molecule has 0 bridgehead atoms. The van der Waals surface area contributed by atoms with Crippen molar-refractivity contribution < 1.29 is 14.6 Å². The highest BCUT2D eigenvalue weighted by atomic mass is 35.5. The van der Waals surface area contributed by atoms with E-state index in [1.165, 1.54) is 16.2 Å². The predicted octanol–water partition coefficient (Wildman–Crippen LogP) is 4.82. The molecule has 2 aromatic carbocycles. The third-order valence-electron chi connectivity index (χ3n) is 4.19. The van der Waals surface area contributed by atoms with Gasteiger partial charge in [-0.05, 0) is 24.3 Å². The Labute approximate surface area is 179 Å². The molecule has 0 aliphatic carbocycles. The number of ether oxygens (including phenoxy) is 1. The molecule has 28 heavy (non-hydrogen) atoms. The summed E-state index contributed by atoms with van der Waals surface area (Å²) in [5.41, 5.74) is 0.558. The van der Waals surface area contributed by atoms with E-state index < -0.39 is 11.4 Å². The van der Waals surface area contributed by atoms with Gasteiger partial charge in [-0.1, -0.05) is 52.7 Å². The van der Waals surface area contributed by atoms with E-state index in [9.17, 15) is 9.90 Å². The number of aromatic nitrogens is 2. The third kappa shape index (κ3) is 3.51. The van der Waals surface area contributed by atoms with Crippen molar-refractivity contribution in [2.24, 2.45) is 0 Å². The molecule has 3 aromatic rings. The normalized spacial score (nSPS) is 18.8. The minimum absolute atomic E-state index is 0.0705. The van der Waals surface area contributed by atoms with Crippen LogP contribution in [0.1, 0.15) is 16.6 Å². The Morgan fingerprint density at radius 1 is 1.18 bits per heavy atom. The number of anilines is 1. The first-order chi connectivity index (χ1) is 13.5. The standard InChI is InChI=1S/C18H12Cl3N3O3S/c19-9-5-6-13(11(20)7-9)27-8-14-22-23-18(28-14)24-16(15(21)17(24)26)10-3-1-2-4-12(10)25/h1-7,15-16,25H,8H2. The molecule has 1 aromatic heterocycles. The summed E-state index contributed by atoms with van der Waals surface area (Å²) in [4.78, 5) is 13.7. The number of amides is 1. The highest BCUT2D eigenvalue weighted by molar-refractivity contribution is 7.15. The Balaban J connectivity index is 1.51. The average Bonchev–Trinajstić information content (AvgIpc) is 3.13. The number of alkyl halides is 1. The second kappa shape index (κ2) is 7.75. The Morgan fingerprint density at radius 3 is 2.71 bits per heavy atom. The summed E-state index contributed by atoms with van der Waals surface area (Å²) in [5.74, 6) is 0.246. The molecule has 2 atom stereocenters. The van der Waals surface area contributed by atoms with Gasteiger partial charge in [0.1, 0.15) is 23.5 Å². The van der Waals surface area contributed by atoms with Gasteiger partial charge in [-0.2, -0.15) is 0 Å². The van der Waals surface area contributed by atoms with Crippen LogP contribution in [-0.4, -0.2) is 26.6 Å². The van der Waals surface area contributed by atoms with Crippen molar-refractivity contribution in [3.63, 3.8) is 0 Å². The molecule has 1 N–H and O–H groups in total. The Hall–Kier alpha value is -2.06. The zero-order valence-electron chi connectivity index (χ0n) is 14.1. The van der Waals surface area contributed by atoms with E-state index in [-0.39, 0.29) is 18.3 Å². The molecule has 10 heteroatoms. The van der Waals surface area contributed by atoms with Gasteiger partial charge in [-0.15, -0.1) is 21.8 Å². The van der Waals surface area contributed by atoms with Crippen molar-refractivity contribution >= 4 is 57.2 Å². The van der Waals surface area contributed by atoms with Gasteiger partial charge in [-0.3, -0.25) is 9.69 Å². The first-order valence-electron chi connectivity index (χ1n) is 8.11. The molecule has 6 nitrogen and oxygen atoms in total. The number of nitrogens with zero attached hydrogens (tertiary/aromatic N) is 3. The molecular weight excluding hydrogens is 445 g/mol. The smallest absolute Gasteiger partial charge is 0.250 e. The third-order valence-corrected chi connectivity index (χ3v) is 6.04. The molecule has 2 heterocycles. The van der Waals surface area contributed by atoms with Crippen LogP contribution in [0.5, 0.6) is 11.5 Å². The fraction of sp³-hybridized carbons (Fsp3) is 0.167. The minimum atomic E-state index is -0.773. The van der Waals surface area contributed by atoms with Crippen molar-refractivity contribution in [3.05, 3.63) is 63.1 Å². The lowest BCUT2D eigenvalue weighted by Gasteiger charge is -2.42. The number of hydrogen-bond donors (Lipinski definition) is 1. The molecule has 1 aliphatic heterocycles. The summed E-state index contributed by atoms with van der Waals surface area (Å²) in [6, 6.07) is 11.2. The number of carbonyl (C=O) groups is 1. The van der Waals surface area contributed by atoms with E-state index >= 15 is 0 Å². The maximum atomic E-state index is 12.3. The van der Waals surface area contributed by atoms with E-state index in [1.807, 2.05) is 0 Å². The molecule has 1 saturated heterocycles. The predicted molar refractivity (Wildman–Crippen MR) is 109 cm³/mol. The number of carbonyl (C=O) groups excluding carboxylic acids is 1. The van der Waals surface area contributed by atoms with Crippen molar-refractivity contribution in [1.29, 1.82) is 0 Å². The van der Waals surface area contributed by atoms with Crippen LogP contribution in [0.4, 0.5) is 5.13 Å². The first kappa shape index (κ1) is 19.3. The molecule has 1 aliphatic rings. The quantitative estimate of drug-likeness (QED) is 0.440. The number of rotatable bonds is 5. The van der Waals surface area contributed by atoms with Gasteiger partial charge in [0.2, 0.25) is 11.0 Å². The highest BCUT2D eigenvalue weighted by Gasteiger charge is 2.50. The number of halogens is 3. The molecule has 1 fully saturated rings. The lowest BCUT2D eigenvalue weighted by molar-refractivity contribution is -0.123. The molecule has 1 amide bonds. The van der Waals surface area contributed by atoms with Gasteiger partial charge in [0.25, 0.3) is 0 Å². The van der Waals surface area contributed by atoms with E-state index in [1.54, 1.807) is 42.5 Å². The molecule has 144 valence electrons. The van der Waals surface area contributed by atoms with E-state index in [0.29, 0.717) is 31.5 Å². The number of hydrogen-bond acceptors (Lipinski definition) is 6. The zero-order chi connectivity index (χ0) is 19.8. The fourth-order valence-electron chi connectivity index (χ4n) is 2.83. The van der Waals surface area contributed by atoms with Crippen LogP contribution in [0.15, 0.2) is 42.5 Å². The molecule has 4 rings (SSSR count). The SMILES string of the molecule is O=C1C(Cl)C(c2ccccc2O)N1c1nnc(COc2ccc(Cl)cc2Cl)s1. The summed E-state index contributed by atoms with van der Waals surface area (Å²) >= 11 is 19.4. The molecule has 0 saturated carbocycles. The lowest BCUT2D eigenvalue weighted by Crippen LogP contribution is -2.56. The van der Waals surface area contributed by atoms with Crippen molar-refractivity contribution in [1.82, 2.24) is 10.2 Å². The van der Waals surface area contributed by atoms with E-state index in [2.05, 4.69) is 10.2 Å². The van der Waals surface area contributed by atoms with Crippen LogP contribution in [0.3, 0.4) is 0 Å². The average molecular weight is 457 g/mol. The van der Waals surface area contributed by atoms with Gasteiger partial charge < -0.3 is 9.84 Å². The van der Waals surface area contributed by atoms with Crippen molar-refractivity contribution in [2.75, 3.05) is 4.90 Å². The van der Waals surface area contributed by atoms with Gasteiger partial charge in [-0.25, -0.2) is 0 Å². The van der Waals surface area contributed by atoms with E-state index in [0.717, 1.165) is 0 Å². The Bertz CT molecular complexity index is 1050. The summed E-state index contributed by atoms with van der Waals surface area (Å²) in [7, 11) is 0. The second-order valence-electron chi connectivity index (χ2n) is 5.96. The zero-order valence-corrected chi connectivity index (χ0v) is 17.1. The van der Waals surface area contributed by atoms with Gasteiger partial charge in [0.05, 0.1) is 11.1 Å². The molecule has 0 radical (unpaired) electrons. The van der Waals surface area contributed by atoms with Crippen LogP contribution >= 0.6 is 46.1 Å². The van der Waals surface area contributed by atoms with Crippen LogP contribution < -0.4 is 9.64 Å². The largest absolute Gasteiger partial charge is 0.508 e. The van der Waals surface area contributed by atoms with Gasteiger partial charge in [0.15, 0.2) is 5.01 Å². The van der Waals surface area contributed by atoms with E-state index in [4.69, 9.17) is 39.5 Å². The summed E-state index contributed by atoms with van der Waals surface area (Å²) in [5, 5.41) is 19.3. The first-order valence-corrected chi connectivity index (χ1v) is 10.1. The molecular formula is C18H12Cl3N3O3S. The number of β-lactam (4-membered cyclic amide) rings is 1. The summed E-state index contributed by atoms with van der Waals surface area (Å²) < 4.78 is 5.65. The monoisotopic (exact) mass is 455 g/mol. The number of phenols is 1. The maximum Gasteiger partial charge on any atom is 0.250 e. The van der Waals surface area contributed by atoms with Crippen LogP contribution in [0, 0.1) is 0 Å². The molecule has 2 unspecified atom stereocenters. The highest BCUT2D eigenvalue weighted by Crippen LogP contribution is 2.45. The lowest BCUT2D eigenvalue weighted by atomic mass is 9.93. The molecule has 0 spiro atoms. The number of phenolic OH excluding ortho intramolecular Hbond substituents is 1. The minimum Gasteiger partial charge on any atom is -0.508 e. The van der Waals surface area contributed by atoms with Gasteiger partial charge >= 0.3 is 0 Å². The topological polar surface area (TPSA) is 75.5 Å². The van der Waals surface area contributed by atoms with Crippen LogP contribution in [0.2, 0.25) is 10.0 Å². The van der Waals surface area contributed by atoms with Crippen molar-refractivity contribution in [3.8, 4) is 11.5 Å². The summed E-state index contributed by atoms with van der Waals surface area (Å²) in [6.45, 7) is 0.132. The number of benzene rings is 2. The number of aromatic hydroxyl groups is 1. The second-order valence-corrected chi connectivity index (χ2v) is 8.31. The van der Waals surface area contributed by atoms with Crippen LogP contribution in [-0.2, 0) is 11.4 Å². The Morgan fingerprint density at radius 2 is 1.96 bits per heavy atom. The maximum absolute atomic E-state index is 12.3. The Kier molecular flexibility index (Phi) is 5.33. The van der Waals surface area contributed by atoms with Crippen LogP contribution in [0.25, 0.3) is 0 Å². The number of para-hydroxylation sites is 1.